The topological polar surface area (TPSA) is 49.9 Å². The Bertz CT molecular complexity index is 819. The minimum atomic E-state index is -0.654. The van der Waals surface area contributed by atoms with Crippen molar-refractivity contribution in [2.24, 2.45) is 11.8 Å². The van der Waals surface area contributed by atoms with Crippen molar-refractivity contribution in [3.05, 3.63) is 47.0 Å². The van der Waals surface area contributed by atoms with Crippen molar-refractivity contribution in [3.63, 3.8) is 0 Å². The highest BCUT2D eigenvalue weighted by atomic mass is 35.5. The number of halogens is 1. The number of hydrogen-bond donors (Lipinski definition) is 0. The predicted octanol–water partition coefficient (Wildman–Crippen LogP) is 2.63. The Balaban J connectivity index is 1.40. The molecule has 4 aliphatic heterocycles. The van der Waals surface area contributed by atoms with Gasteiger partial charge in [-0.2, -0.15) is 0 Å². The van der Waals surface area contributed by atoms with E-state index in [-0.39, 0.29) is 17.9 Å². The molecule has 1 spiro atoms. The van der Waals surface area contributed by atoms with Crippen molar-refractivity contribution < 1.29 is 14.3 Å². The second-order valence-electron chi connectivity index (χ2n) is 8.07. The first-order valence-electron chi connectivity index (χ1n) is 9.77. The SMILES string of the molecule is O=C(C1C2C=CC3(CN(Cc4ccccc4Cl)C(=O)C13)O2)N1CCCCC1. The van der Waals surface area contributed by atoms with Gasteiger partial charge >= 0.3 is 0 Å². The maximum Gasteiger partial charge on any atom is 0.230 e. The molecule has 0 aromatic heterocycles. The average Bonchev–Trinajstić information content (AvgIpc) is 3.32. The first-order chi connectivity index (χ1) is 13.1. The molecule has 0 saturated carbocycles. The number of fused-ring (bicyclic) bond motifs is 1. The zero-order chi connectivity index (χ0) is 18.6. The summed E-state index contributed by atoms with van der Waals surface area (Å²) in [5, 5.41) is 0.654. The Morgan fingerprint density at radius 3 is 2.78 bits per heavy atom. The minimum absolute atomic E-state index is 0.0112. The van der Waals surface area contributed by atoms with Gasteiger partial charge in [-0.05, 0) is 30.9 Å². The Morgan fingerprint density at radius 2 is 2.00 bits per heavy atom. The molecular weight excluding hydrogens is 364 g/mol. The molecule has 3 saturated heterocycles. The zero-order valence-electron chi connectivity index (χ0n) is 15.1. The normalized spacial score (nSPS) is 34.4. The molecule has 5 rings (SSSR count). The first-order valence-corrected chi connectivity index (χ1v) is 10.1. The average molecular weight is 387 g/mol. The Morgan fingerprint density at radius 1 is 1.22 bits per heavy atom. The molecule has 0 aliphatic carbocycles. The Kier molecular flexibility index (Phi) is 4.06. The van der Waals surface area contributed by atoms with Crippen LogP contribution in [0.2, 0.25) is 5.02 Å². The monoisotopic (exact) mass is 386 g/mol. The molecule has 1 aromatic rings. The van der Waals surface area contributed by atoms with Gasteiger partial charge in [-0.15, -0.1) is 0 Å². The molecule has 142 valence electrons. The Hall–Kier alpha value is -1.85. The van der Waals surface area contributed by atoms with E-state index >= 15 is 0 Å². The quantitative estimate of drug-likeness (QED) is 0.750. The summed E-state index contributed by atoms with van der Waals surface area (Å²) >= 11 is 6.28. The molecule has 5 nitrogen and oxygen atoms in total. The first kappa shape index (κ1) is 17.3. The van der Waals surface area contributed by atoms with Crippen LogP contribution in [0.5, 0.6) is 0 Å². The summed E-state index contributed by atoms with van der Waals surface area (Å²) in [7, 11) is 0. The smallest absolute Gasteiger partial charge is 0.230 e. The molecule has 27 heavy (non-hydrogen) atoms. The maximum atomic E-state index is 13.3. The molecule has 0 radical (unpaired) electrons. The summed E-state index contributed by atoms with van der Waals surface area (Å²) in [5.74, 6) is -0.706. The third kappa shape index (κ3) is 2.63. The number of carbonyl (C=O) groups excluding carboxylic acids is 2. The van der Waals surface area contributed by atoms with Crippen LogP contribution >= 0.6 is 11.6 Å². The molecule has 2 bridgehead atoms. The number of nitrogens with zero attached hydrogens (tertiary/aromatic N) is 2. The van der Waals surface area contributed by atoms with Crippen LogP contribution in [0.4, 0.5) is 0 Å². The highest BCUT2D eigenvalue weighted by molar-refractivity contribution is 6.31. The predicted molar refractivity (Wildman–Crippen MR) is 101 cm³/mol. The van der Waals surface area contributed by atoms with Gasteiger partial charge in [0.25, 0.3) is 0 Å². The van der Waals surface area contributed by atoms with Gasteiger partial charge < -0.3 is 14.5 Å². The summed E-state index contributed by atoms with van der Waals surface area (Å²) in [6.45, 7) is 2.52. The van der Waals surface area contributed by atoms with Crippen LogP contribution in [0.15, 0.2) is 36.4 Å². The van der Waals surface area contributed by atoms with E-state index in [0.29, 0.717) is 18.1 Å². The number of piperidine rings is 1. The lowest BCUT2D eigenvalue weighted by Gasteiger charge is -2.32. The van der Waals surface area contributed by atoms with Gasteiger partial charge in [-0.25, -0.2) is 0 Å². The fraction of sp³-hybridized carbons (Fsp3) is 0.524. The minimum Gasteiger partial charge on any atom is -0.360 e. The van der Waals surface area contributed by atoms with Gasteiger partial charge in [0.15, 0.2) is 0 Å². The molecule has 0 N–H and O–H groups in total. The lowest BCUT2D eigenvalue weighted by atomic mass is 9.76. The van der Waals surface area contributed by atoms with Crippen molar-refractivity contribution in [2.45, 2.75) is 37.5 Å². The third-order valence-electron chi connectivity index (χ3n) is 6.45. The number of likely N-dealkylation sites (tertiary alicyclic amines) is 2. The highest BCUT2D eigenvalue weighted by Crippen LogP contribution is 2.52. The third-order valence-corrected chi connectivity index (χ3v) is 6.82. The molecular formula is C21H23ClN2O3. The van der Waals surface area contributed by atoms with E-state index in [1.807, 2.05) is 41.3 Å². The number of carbonyl (C=O) groups is 2. The lowest BCUT2D eigenvalue weighted by molar-refractivity contribution is -0.144. The van der Waals surface area contributed by atoms with Crippen LogP contribution < -0.4 is 0 Å². The van der Waals surface area contributed by atoms with E-state index in [1.54, 1.807) is 4.90 Å². The van der Waals surface area contributed by atoms with E-state index in [0.717, 1.165) is 31.5 Å². The molecule has 6 heteroatoms. The van der Waals surface area contributed by atoms with Crippen LogP contribution in [-0.2, 0) is 20.9 Å². The second-order valence-corrected chi connectivity index (χ2v) is 8.48. The summed E-state index contributed by atoms with van der Waals surface area (Å²) < 4.78 is 6.22. The maximum absolute atomic E-state index is 13.3. The molecule has 1 aromatic carbocycles. The number of ether oxygens (including phenoxy) is 1. The van der Waals surface area contributed by atoms with Crippen molar-refractivity contribution in [2.75, 3.05) is 19.6 Å². The standard InChI is InChI=1S/C21H23ClN2O3/c22-15-7-3-2-6-14(15)12-24-13-21-9-8-16(27-21)17(18(21)20(24)26)19(25)23-10-4-1-5-11-23/h2-3,6-9,16-18H,1,4-5,10-13H2. The molecule has 4 unspecified atom stereocenters. The lowest BCUT2D eigenvalue weighted by Crippen LogP contribution is -2.47. The van der Waals surface area contributed by atoms with Gasteiger partial charge in [0.05, 0.1) is 24.5 Å². The molecule has 4 aliphatic rings. The van der Waals surface area contributed by atoms with Gasteiger partial charge in [0.1, 0.15) is 5.60 Å². The second kappa shape index (κ2) is 6.35. The Labute approximate surface area is 163 Å². The van der Waals surface area contributed by atoms with Gasteiger partial charge in [0.2, 0.25) is 11.8 Å². The number of rotatable bonds is 3. The summed E-state index contributed by atoms with van der Waals surface area (Å²) in [4.78, 5) is 30.2. The van der Waals surface area contributed by atoms with Crippen LogP contribution in [0.3, 0.4) is 0 Å². The van der Waals surface area contributed by atoms with Gasteiger partial charge in [0, 0.05) is 24.7 Å². The summed E-state index contributed by atoms with van der Waals surface area (Å²) in [6.07, 6.45) is 6.98. The van der Waals surface area contributed by atoms with Gasteiger partial charge in [-0.1, -0.05) is 42.0 Å². The zero-order valence-corrected chi connectivity index (χ0v) is 15.9. The fourth-order valence-electron chi connectivity index (χ4n) is 5.15. The van der Waals surface area contributed by atoms with Crippen LogP contribution in [0, 0.1) is 11.8 Å². The van der Waals surface area contributed by atoms with Crippen molar-refractivity contribution in [3.8, 4) is 0 Å². The van der Waals surface area contributed by atoms with Gasteiger partial charge in [-0.3, -0.25) is 9.59 Å². The van der Waals surface area contributed by atoms with E-state index in [1.165, 1.54) is 6.42 Å². The van der Waals surface area contributed by atoms with E-state index in [4.69, 9.17) is 16.3 Å². The summed E-state index contributed by atoms with van der Waals surface area (Å²) in [5.41, 5.74) is 0.264. The molecule has 2 amide bonds. The largest absolute Gasteiger partial charge is 0.360 e. The number of benzene rings is 1. The van der Waals surface area contributed by atoms with E-state index < -0.39 is 17.4 Å². The van der Waals surface area contributed by atoms with E-state index in [2.05, 4.69) is 0 Å². The molecule has 4 atom stereocenters. The number of hydrogen-bond acceptors (Lipinski definition) is 3. The highest BCUT2D eigenvalue weighted by Gasteiger charge is 2.67. The van der Waals surface area contributed by atoms with Crippen LogP contribution in [0.1, 0.15) is 24.8 Å². The fourth-order valence-corrected chi connectivity index (χ4v) is 5.35. The molecule has 3 fully saturated rings. The van der Waals surface area contributed by atoms with Crippen molar-refractivity contribution in [1.82, 2.24) is 9.80 Å². The number of amides is 2. The van der Waals surface area contributed by atoms with Crippen LogP contribution in [0.25, 0.3) is 0 Å². The summed E-state index contributed by atoms with van der Waals surface area (Å²) in [6, 6.07) is 7.57. The van der Waals surface area contributed by atoms with E-state index in [9.17, 15) is 9.59 Å². The van der Waals surface area contributed by atoms with Crippen molar-refractivity contribution >= 4 is 23.4 Å². The van der Waals surface area contributed by atoms with Crippen LogP contribution in [-0.4, -0.2) is 53.0 Å². The van der Waals surface area contributed by atoms with Crippen molar-refractivity contribution in [1.29, 1.82) is 0 Å². The molecule has 4 heterocycles.